The average molecular weight is 676 g/mol. The molecular formula is C34H24F3N3O5S2. The number of carbonyl (C=O) groups excluding carboxylic acids is 3. The predicted molar refractivity (Wildman–Crippen MR) is 173 cm³/mol. The highest BCUT2D eigenvalue weighted by Gasteiger charge is 2.57. The van der Waals surface area contributed by atoms with E-state index in [9.17, 15) is 32.3 Å². The smallest absolute Gasteiger partial charge is 0.418 e. The number of hydrogen-bond donors (Lipinski definition) is 1. The van der Waals surface area contributed by atoms with Crippen molar-refractivity contribution in [3.8, 4) is 5.75 Å². The van der Waals surface area contributed by atoms with Gasteiger partial charge in [0.1, 0.15) is 17.5 Å². The lowest BCUT2D eigenvalue weighted by Gasteiger charge is -2.30. The fourth-order valence-corrected chi connectivity index (χ4v) is 9.01. The molecule has 0 bridgehead atoms. The normalized spacial score (nSPS) is 19.1. The molecule has 3 heterocycles. The highest BCUT2D eigenvalue weighted by atomic mass is 32.2. The van der Waals surface area contributed by atoms with Crippen LogP contribution in [0.4, 0.5) is 24.5 Å². The summed E-state index contributed by atoms with van der Waals surface area (Å²) in [5.41, 5.74) is -0.524. The lowest BCUT2D eigenvalue weighted by Crippen LogP contribution is -2.33. The molecular weight excluding hydrogens is 652 g/mol. The van der Waals surface area contributed by atoms with E-state index in [0.717, 1.165) is 46.0 Å². The third kappa shape index (κ3) is 5.28. The molecule has 47 heavy (non-hydrogen) atoms. The second-order valence-corrected chi connectivity index (χ2v) is 13.2. The Bertz CT molecular complexity index is 2120. The van der Waals surface area contributed by atoms with Crippen LogP contribution in [0, 0.1) is 5.92 Å². The number of amides is 3. The number of carbonyl (C=O) groups is 3. The molecule has 0 aliphatic carbocycles. The number of rotatable bonds is 6. The molecule has 0 unspecified atom stereocenters. The van der Waals surface area contributed by atoms with Gasteiger partial charge in [-0.25, -0.2) is 4.90 Å². The van der Waals surface area contributed by atoms with Crippen LogP contribution < -0.4 is 19.8 Å². The van der Waals surface area contributed by atoms with E-state index in [1.165, 1.54) is 23.8 Å². The number of thiazole rings is 1. The summed E-state index contributed by atoms with van der Waals surface area (Å²) in [6.45, 7) is -0.379. The highest BCUT2D eigenvalue weighted by molar-refractivity contribution is 8.00. The fraction of sp³-hybridized carbons (Fsp3) is 0.176. The van der Waals surface area contributed by atoms with Gasteiger partial charge >= 0.3 is 11.0 Å². The molecule has 4 aromatic carbocycles. The number of benzene rings is 4. The standard InChI is InChI=1S/C34H24F3N3O5S2/c1-45-20-15-13-19(14-16-20)26-27-28(31(43)40(30(27)42)24-12-5-4-10-22(24)34(35,36)37)46-32-29(26)47-33(44)39(32)17-25(41)38-23-11-6-8-18-7-2-3-9-21(18)23/h2-16,26-28H,17H2,1H3,(H,38,41)/t26-,27-,28+/m0/s1. The van der Waals surface area contributed by atoms with Gasteiger partial charge in [-0.05, 0) is 41.3 Å². The molecule has 1 aromatic heterocycles. The van der Waals surface area contributed by atoms with Crippen molar-refractivity contribution in [2.24, 2.45) is 5.92 Å². The van der Waals surface area contributed by atoms with E-state index in [2.05, 4.69) is 5.32 Å². The van der Waals surface area contributed by atoms with Crippen molar-refractivity contribution >= 4 is 63.0 Å². The van der Waals surface area contributed by atoms with Crippen LogP contribution in [-0.2, 0) is 27.1 Å². The molecule has 7 rings (SSSR count). The number of aromatic nitrogens is 1. The van der Waals surface area contributed by atoms with Gasteiger partial charge in [0.05, 0.1) is 29.3 Å². The van der Waals surface area contributed by atoms with Crippen molar-refractivity contribution in [3.05, 3.63) is 117 Å². The van der Waals surface area contributed by atoms with Gasteiger partial charge in [0.2, 0.25) is 17.7 Å². The van der Waals surface area contributed by atoms with Crippen molar-refractivity contribution in [3.63, 3.8) is 0 Å². The summed E-state index contributed by atoms with van der Waals surface area (Å²) in [7, 11) is 1.49. The quantitative estimate of drug-likeness (QED) is 0.206. The van der Waals surface area contributed by atoms with Crippen molar-refractivity contribution in [2.45, 2.75) is 28.9 Å². The van der Waals surface area contributed by atoms with E-state index in [0.29, 0.717) is 31.8 Å². The topological polar surface area (TPSA) is 97.7 Å². The van der Waals surface area contributed by atoms with E-state index in [1.807, 2.05) is 30.3 Å². The average Bonchev–Trinajstić information content (AvgIpc) is 3.50. The maximum Gasteiger partial charge on any atom is 0.418 e. The lowest BCUT2D eigenvalue weighted by atomic mass is 9.83. The third-order valence-corrected chi connectivity index (χ3v) is 10.9. The Balaban J connectivity index is 1.30. The van der Waals surface area contributed by atoms with Crippen LogP contribution in [0.1, 0.15) is 21.9 Å². The molecule has 13 heteroatoms. The van der Waals surface area contributed by atoms with Gasteiger partial charge in [0.25, 0.3) is 0 Å². The SMILES string of the molecule is COc1ccc([C@@H]2c3sc(=O)n(CC(=O)Nc4cccc5ccccc45)c3S[C@H]3C(=O)N(c4ccccc4C(F)(F)F)C(=O)[C@@H]23)cc1. The Morgan fingerprint density at radius 1 is 0.894 bits per heavy atom. The van der Waals surface area contributed by atoms with E-state index < -0.39 is 57.1 Å². The molecule has 3 amide bonds. The largest absolute Gasteiger partial charge is 0.497 e. The van der Waals surface area contributed by atoms with Gasteiger partial charge in [-0.1, -0.05) is 83.8 Å². The van der Waals surface area contributed by atoms with E-state index in [1.54, 1.807) is 36.4 Å². The summed E-state index contributed by atoms with van der Waals surface area (Å²) in [6.07, 6.45) is -4.82. The van der Waals surface area contributed by atoms with Crippen LogP contribution in [0.5, 0.6) is 5.75 Å². The van der Waals surface area contributed by atoms with Crippen LogP contribution in [0.3, 0.4) is 0 Å². The van der Waals surface area contributed by atoms with Crippen LogP contribution in [-0.4, -0.2) is 34.6 Å². The van der Waals surface area contributed by atoms with E-state index >= 15 is 0 Å². The first-order valence-corrected chi connectivity index (χ1v) is 16.1. The number of thioether (sulfide) groups is 1. The van der Waals surface area contributed by atoms with Gasteiger partial charge < -0.3 is 10.1 Å². The summed E-state index contributed by atoms with van der Waals surface area (Å²) < 4.78 is 48.6. The fourth-order valence-electron chi connectivity index (χ4n) is 6.24. The van der Waals surface area contributed by atoms with Gasteiger partial charge in [0.15, 0.2) is 0 Å². The zero-order valence-electron chi connectivity index (χ0n) is 24.5. The Kier molecular flexibility index (Phi) is 7.68. The van der Waals surface area contributed by atoms with Crippen molar-refractivity contribution in [1.29, 1.82) is 0 Å². The number of hydrogen-bond acceptors (Lipinski definition) is 7. The number of nitrogens with zero attached hydrogens (tertiary/aromatic N) is 2. The molecule has 5 aromatic rings. The van der Waals surface area contributed by atoms with Gasteiger partial charge in [-0.3, -0.25) is 23.7 Å². The number of para-hydroxylation sites is 1. The highest BCUT2D eigenvalue weighted by Crippen LogP contribution is 2.54. The van der Waals surface area contributed by atoms with Crippen LogP contribution in [0.15, 0.2) is 101 Å². The Morgan fingerprint density at radius 2 is 1.60 bits per heavy atom. The van der Waals surface area contributed by atoms with Crippen LogP contribution >= 0.6 is 23.1 Å². The predicted octanol–water partition coefficient (Wildman–Crippen LogP) is 6.52. The zero-order chi connectivity index (χ0) is 33.0. The first-order valence-electron chi connectivity index (χ1n) is 14.4. The minimum Gasteiger partial charge on any atom is -0.497 e. The van der Waals surface area contributed by atoms with Crippen LogP contribution in [0.2, 0.25) is 0 Å². The molecule has 2 aliphatic rings. The molecule has 8 nitrogen and oxygen atoms in total. The number of alkyl halides is 3. The number of anilines is 2. The second-order valence-electron chi connectivity index (χ2n) is 11.0. The summed E-state index contributed by atoms with van der Waals surface area (Å²) in [5.74, 6) is -3.52. The molecule has 0 spiro atoms. The van der Waals surface area contributed by atoms with Crippen molar-refractivity contribution in [2.75, 3.05) is 17.3 Å². The molecule has 0 radical (unpaired) electrons. The maximum absolute atomic E-state index is 14.1. The molecule has 0 saturated carbocycles. The Labute approximate surface area is 273 Å². The molecule has 3 atom stereocenters. The van der Waals surface area contributed by atoms with Gasteiger partial charge in [0, 0.05) is 21.9 Å². The molecule has 1 N–H and O–H groups in total. The number of halogens is 3. The Hall–Kier alpha value is -4.88. The number of nitrogens with one attached hydrogen (secondary N) is 1. The minimum absolute atomic E-state index is 0.322. The number of methoxy groups -OCH3 is 1. The number of imide groups is 1. The maximum atomic E-state index is 14.1. The molecule has 2 aliphatic heterocycles. The minimum atomic E-state index is -4.82. The van der Waals surface area contributed by atoms with Crippen LogP contribution in [0.25, 0.3) is 10.8 Å². The zero-order valence-corrected chi connectivity index (χ0v) is 26.1. The first kappa shape index (κ1) is 30.8. The molecule has 238 valence electrons. The molecule has 1 fully saturated rings. The summed E-state index contributed by atoms with van der Waals surface area (Å²) in [6, 6.07) is 24.2. The number of fused-ring (bicyclic) bond motifs is 3. The first-order chi connectivity index (χ1) is 22.6. The van der Waals surface area contributed by atoms with E-state index in [-0.39, 0.29) is 6.54 Å². The van der Waals surface area contributed by atoms with Crippen molar-refractivity contribution in [1.82, 2.24) is 4.57 Å². The summed E-state index contributed by atoms with van der Waals surface area (Å²) in [5, 5.41) is 3.78. The van der Waals surface area contributed by atoms with Gasteiger partial charge in [-0.15, -0.1) is 0 Å². The third-order valence-electron chi connectivity index (χ3n) is 8.34. The second kappa shape index (κ2) is 11.7. The Morgan fingerprint density at radius 3 is 2.34 bits per heavy atom. The summed E-state index contributed by atoms with van der Waals surface area (Å²) in [4.78, 5) is 55.5. The van der Waals surface area contributed by atoms with E-state index in [4.69, 9.17) is 4.74 Å². The number of ether oxygens (including phenoxy) is 1. The lowest BCUT2D eigenvalue weighted by molar-refractivity contribution is -0.137. The van der Waals surface area contributed by atoms with Gasteiger partial charge in [-0.2, -0.15) is 13.2 Å². The summed E-state index contributed by atoms with van der Waals surface area (Å²) >= 11 is 1.78. The van der Waals surface area contributed by atoms with Crippen molar-refractivity contribution < 1.29 is 32.3 Å². The molecule has 1 saturated heterocycles. The monoisotopic (exact) mass is 675 g/mol.